The molecule has 4 nitrogen and oxygen atoms in total. The van der Waals surface area contributed by atoms with Crippen molar-refractivity contribution in [3.05, 3.63) is 58.9 Å². The Labute approximate surface area is 156 Å². The molecule has 2 N–H and O–H groups in total. The molecule has 136 valence electrons. The first-order valence-electron chi connectivity index (χ1n) is 8.70. The number of carbonyl (C=O) groups excluding carboxylic acids is 2. The molecule has 0 radical (unpaired) electrons. The molecule has 3 rings (SSSR count). The number of hydrogen-bond donors (Lipinski definition) is 2. The van der Waals surface area contributed by atoms with Crippen molar-refractivity contribution in [2.45, 2.75) is 32.1 Å². The molecule has 1 aliphatic carbocycles. The fraction of sp³-hybridized carbons (Fsp3) is 0.300. The average molecular weight is 375 g/mol. The van der Waals surface area contributed by atoms with Crippen molar-refractivity contribution < 1.29 is 14.0 Å². The van der Waals surface area contributed by atoms with E-state index in [0.717, 1.165) is 32.1 Å². The van der Waals surface area contributed by atoms with Crippen LogP contribution in [-0.4, -0.2) is 11.8 Å². The molecule has 0 spiro atoms. The molecule has 1 aliphatic rings. The van der Waals surface area contributed by atoms with Crippen molar-refractivity contribution in [3.63, 3.8) is 0 Å². The van der Waals surface area contributed by atoms with Gasteiger partial charge < -0.3 is 10.6 Å². The van der Waals surface area contributed by atoms with E-state index < -0.39 is 5.82 Å². The average Bonchev–Trinajstić information content (AvgIpc) is 2.65. The Hall–Kier alpha value is -2.40. The summed E-state index contributed by atoms with van der Waals surface area (Å²) in [6.45, 7) is 0. The van der Waals surface area contributed by atoms with E-state index in [9.17, 15) is 14.0 Å². The van der Waals surface area contributed by atoms with Crippen molar-refractivity contribution in [1.29, 1.82) is 0 Å². The zero-order chi connectivity index (χ0) is 18.5. The van der Waals surface area contributed by atoms with Crippen LogP contribution >= 0.6 is 11.6 Å². The van der Waals surface area contributed by atoms with Crippen molar-refractivity contribution in [3.8, 4) is 0 Å². The van der Waals surface area contributed by atoms with E-state index in [2.05, 4.69) is 10.6 Å². The minimum absolute atomic E-state index is 0.0736. The Balaban J connectivity index is 1.69. The van der Waals surface area contributed by atoms with Crippen LogP contribution in [0.15, 0.2) is 42.5 Å². The Bertz CT molecular complexity index is 802. The molecular weight excluding hydrogens is 355 g/mol. The van der Waals surface area contributed by atoms with Gasteiger partial charge in [-0.25, -0.2) is 4.39 Å². The van der Waals surface area contributed by atoms with Gasteiger partial charge in [-0.15, -0.1) is 0 Å². The molecule has 2 aromatic carbocycles. The van der Waals surface area contributed by atoms with Crippen molar-refractivity contribution in [2.24, 2.45) is 5.92 Å². The minimum Gasteiger partial charge on any atom is -0.323 e. The maximum Gasteiger partial charge on any atom is 0.255 e. The highest BCUT2D eigenvalue weighted by molar-refractivity contribution is 6.30. The highest BCUT2D eigenvalue weighted by Crippen LogP contribution is 2.26. The lowest BCUT2D eigenvalue weighted by Gasteiger charge is -2.21. The topological polar surface area (TPSA) is 58.2 Å². The molecule has 0 aromatic heterocycles. The van der Waals surface area contributed by atoms with Crippen LogP contribution in [0.25, 0.3) is 0 Å². The smallest absolute Gasteiger partial charge is 0.255 e. The van der Waals surface area contributed by atoms with Gasteiger partial charge >= 0.3 is 0 Å². The third kappa shape index (κ3) is 4.61. The third-order valence-electron chi connectivity index (χ3n) is 4.56. The van der Waals surface area contributed by atoms with Gasteiger partial charge in [0.1, 0.15) is 5.82 Å². The number of halogens is 2. The van der Waals surface area contributed by atoms with Gasteiger partial charge in [-0.1, -0.05) is 30.9 Å². The van der Waals surface area contributed by atoms with Crippen molar-refractivity contribution >= 4 is 34.8 Å². The fourth-order valence-corrected chi connectivity index (χ4v) is 3.23. The summed E-state index contributed by atoms with van der Waals surface area (Å²) >= 11 is 5.81. The van der Waals surface area contributed by atoms with Gasteiger partial charge in [0.2, 0.25) is 5.91 Å². The van der Waals surface area contributed by atoms with Crippen LogP contribution in [0, 0.1) is 11.7 Å². The lowest BCUT2D eigenvalue weighted by atomic mass is 9.88. The molecule has 0 atom stereocenters. The monoisotopic (exact) mass is 374 g/mol. The van der Waals surface area contributed by atoms with Gasteiger partial charge in [0.05, 0.1) is 5.69 Å². The number of benzene rings is 2. The second-order valence-electron chi connectivity index (χ2n) is 6.48. The summed E-state index contributed by atoms with van der Waals surface area (Å²) in [5.74, 6) is -1.10. The van der Waals surface area contributed by atoms with Crippen LogP contribution in [0.2, 0.25) is 5.02 Å². The fourth-order valence-electron chi connectivity index (χ4n) is 3.10. The number of amides is 2. The van der Waals surface area contributed by atoms with E-state index in [1.165, 1.54) is 18.2 Å². The van der Waals surface area contributed by atoms with Crippen LogP contribution in [0.5, 0.6) is 0 Å². The Morgan fingerprint density at radius 2 is 1.65 bits per heavy atom. The first-order chi connectivity index (χ1) is 12.5. The molecule has 1 fully saturated rings. The molecule has 0 aliphatic heterocycles. The number of anilines is 2. The number of nitrogens with one attached hydrogen (secondary N) is 2. The summed E-state index contributed by atoms with van der Waals surface area (Å²) < 4.78 is 14.1. The van der Waals surface area contributed by atoms with Crippen LogP contribution in [0.1, 0.15) is 42.5 Å². The van der Waals surface area contributed by atoms with Gasteiger partial charge in [0.25, 0.3) is 5.91 Å². The highest BCUT2D eigenvalue weighted by Gasteiger charge is 2.22. The maximum atomic E-state index is 14.1. The standard InChI is InChI=1S/C20H20ClFN2O2/c21-15-8-6-14(7-9-15)19(25)23-16-10-11-17(22)18(12-16)24-20(26)13-4-2-1-3-5-13/h6-13H,1-5H2,(H,23,25)(H,24,26). The summed E-state index contributed by atoms with van der Waals surface area (Å²) in [5.41, 5.74) is 0.922. The van der Waals surface area contributed by atoms with E-state index in [-0.39, 0.29) is 23.4 Å². The van der Waals surface area contributed by atoms with E-state index in [0.29, 0.717) is 16.3 Å². The summed E-state index contributed by atoms with van der Waals surface area (Å²) in [5, 5.41) is 5.89. The molecular formula is C20H20ClFN2O2. The minimum atomic E-state index is -0.529. The van der Waals surface area contributed by atoms with Crippen LogP contribution in [0.4, 0.5) is 15.8 Å². The third-order valence-corrected chi connectivity index (χ3v) is 4.82. The van der Waals surface area contributed by atoms with Gasteiger partial charge in [0.15, 0.2) is 0 Å². The molecule has 0 saturated heterocycles. The normalized spacial score (nSPS) is 14.7. The molecule has 2 amide bonds. The zero-order valence-corrected chi connectivity index (χ0v) is 15.0. The lowest BCUT2D eigenvalue weighted by Crippen LogP contribution is -2.25. The second kappa shape index (κ2) is 8.32. The Kier molecular flexibility index (Phi) is 5.89. The van der Waals surface area contributed by atoms with E-state index >= 15 is 0 Å². The van der Waals surface area contributed by atoms with Crippen molar-refractivity contribution in [1.82, 2.24) is 0 Å². The van der Waals surface area contributed by atoms with Crippen LogP contribution in [-0.2, 0) is 4.79 Å². The predicted octanol–water partition coefficient (Wildman–Crippen LogP) is 5.25. The summed E-state index contributed by atoms with van der Waals surface area (Å²) in [7, 11) is 0. The van der Waals surface area contributed by atoms with Gasteiger partial charge in [-0.2, -0.15) is 0 Å². The molecule has 0 heterocycles. The van der Waals surface area contributed by atoms with Crippen molar-refractivity contribution in [2.75, 3.05) is 10.6 Å². The summed E-state index contributed by atoms with van der Waals surface area (Å²) in [4.78, 5) is 24.6. The number of hydrogen-bond acceptors (Lipinski definition) is 2. The second-order valence-corrected chi connectivity index (χ2v) is 6.92. The van der Waals surface area contributed by atoms with Gasteiger partial charge in [0, 0.05) is 22.2 Å². The highest BCUT2D eigenvalue weighted by atomic mass is 35.5. The Morgan fingerprint density at radius 1 is 0.962 bits per heavy atom. The maximum absolute atomic E-state index is 14.1. The van der Waals surface area contributed by atoms with E-state index in [1.807, 2.05) is 0 Å². The number of rotatable bonds is 4. The molecule has 0 bridgehead atoms. The Morgan fingerprint density at radius 3 is 2.35 bits per heavy atom. The number of carbonyl (C=O) groups is 2. The first-order valence-corrected chi connectivity index (χ1v) is 9.08. The predicted molar refractivity (Wildman–Crippen MR) is 101 cm³/mol. The largest absolute Gasteiger partial charge is 0.323 e. The van der Waals surface area contributed by atoms with Crippen LogP contribution < -0.4 is 10.6 Å². The molecule has 6 heteroatoms. The SMILES string of the molecule is O=C(Nc1ccc(F)c(NC(=O)C2CCCCC2)c1)c1ccc(Cl)cc1. The molecule has 0 unspecified atom stereocenters. The van der Waals surface area contributed by atoms with Crippen LogP contribution in [0.3, 0.4) is 0 Å². The first kappa shape index (κ1) is 18.4. The molecule has 2 aromatic rings. The molecule has 26 heavy (non-hydrogen) atoms. The summed E-state index contributed by atoms with van der Waals surface area (Å²) in [6.07, 6.45) is 4.86. The lowest BCUT2D eigenvalue weighted by molar-refractivity contribution is -0.120. The molecule has 1 saturated carbocycles. The summed E-state index contributed by atoms with van der Waals surface area (Å²) in [6, 6.07) is 10.6. The van der Waals surface area contributed by atoms with E-state index in [1.54, 1.807) is 24.3 Å². The van der Waals surface area contributed by atoms with E-state index in [4.69, 9.17) is 11.6 Å². The quantitative estimate of drug-likeness (QED) is 0.767. The van der Waals surface area contributed by atoms with Gasteiger partial charge in [-0.3, -0.25) is 9.59 Å². The zero-order valence-electron chi connectivity index (χ0n) is 14.2. The van der Waals surface area contributed by atoms with Gasteiger partial charge in [-0.05, 0) is 55.3 Å².